The SMILES string of the molecule is CNCCS(=O)c1ccc(C)cc1C. The van der Waals surface area contributed by atoms with E-state index >= 15 is 0 Å². The molecule has 14 heavy (non-hydrogen) atoms. The van der Waals surface area contributed by atoms with Crippen molar-refractivity contribution in [3.8, 4) is 0 Å². The molecule has 1 atom stereocenters. The summed E-state index contributed by atoms with van der Waals surface area (Å²) in [5, 5.41) is 3.01. The quantitative estimate of drug-likeness (QED) is 0.820. The van der Waals surface area contributed by atoms with Crippen LogP contribution in [-0.4, -0.2) is 23.6 Å². The average molecular weight is 211 g/mol. The number of hydrogen-bond acceptors (Lipinski definition) is 2. The summed E-state index contributed by atoms with van der Waals surface area (Å²) < 4.78 is 11.8. The first kappa shape index (κ1) is 11.4. The lowest BCUT2D eigenvalue weighted by atomic mass is 10.2. The number of hydrogen-bond donors (Lipinski definition) is 1. The van der Waals surface area contributed by atoms with Gasteiger partial charge in [0.1, 0.15) is 0 Å². The van der Waals surface area contributed by atoms with Crippen LogP contribution in [0.25, 0.3) is 0 Å². The molecular formula is C11H17NOS. The van der Waals surface area contributed by atoms with Gasteiger partial charge in [-0.1, -0.05) is 17.7 Å². The number of nitrogens with one attached hydrogen (secondary N) is 1. The molecule has 0 bridgehead atoms. The van der Waals surface area contributed by atoms with Crippen LogP contribution in [0.5, 0.6) is 0 Å². The first-order chi connectivity index (χ1) is 6.65. The lowest BCUT2D eigenvalue weighted by molar-refractivity contribution is 0.679. The van der Waals surface area contributed by atoms with E-state index in [1.807, 2.05) is 33.0 Å². The zero-order chi connectivity index (χ0) is 10.6. The molecule has 0 spiro atoms. The van der Waals surface area contributed by atoms with Crippen LogP contribution in [0.4, 0.5) is 0 Å². The average Bonchev–Trinajstić information content (AvgIpc) is 2.14. The second-order valence-corrected chi connectivity index (χ2v) is 4.96. The highest BCUT2D eigenvalue weighted by Crippen LogP contribution is 2.14. The van der Waals surface area contributed by atoms with Crippen molar-refractivity contribution < 1.29 is 4.21 Å². The first-order valence-electron chi connectivity index (χ1n) is 4.75. The fourth-order valence-electron chi connectivity index (χ4n) is 1.36. The molecule has 0 aliphatic rings. The second kappa shape index (κ2) is 5.27. The Morgan fingerprint density at radius 3 is 2.64 bits per heavy atom. The van der Waals surface area contributed by atoms with Gasteiger partial charge >= 0.3 is 0 Å². The van der Waals surface area contributed by atoms with Crippen LogP contribution in [0.1, 0.15) is 11.1 Å². The Hall–Kier alpha value is -0.670. The van der Waals surface area contributed by atoms with Crippen molar-refractivity contribution in [2.24, 2.45) is 0 Å². The van der Waals surface area contributed by atoms with Gasteiger partial charge in [0, 0.05) is 17.2 Å². The van der Waals surface area contributed by atoms with E-state index in [2.05, 4.69) is 11.4 Å². The predicted molar refractivity (Wildman–Crippen MR) is 61.1 cm³/mol. The molecule has 0 radical (unpaired) electrons. The van der Waals surface area contributed by atoms with E-state index in [0.29, 0.717) is 5.75 Å². The summed E-state index contributed by atoms with van der Waals surface area (Å²) in [5.74, 6) is 0.681. The molecule has 3 heteroatoms. The summed E-state index contributed by atoms with van der Waals surface area (Å²) >= 11 is 0. The van der Waals surface area contributed by atoms with Crippen LogP contribution < -0.4 is 5.32 Å². The van der Waals surface area contributed by atoms with Crippen LogP contribution in [0.15, 0.2) is 23.1 Å². The maximum atomic E-state index is 11.8. The van der Waals surface area contributed by atoms with Crippen molar-refractivity contribution in [2.75, 3.05) is 19.3 Å². The molecule has 1 rings (SSSR count). The molecule has 78 valence electrons. The van der Waals surface area contributed by atoms with Crippen molar-refractivity contribution in [1.82, 2.24) is 5.32 Å². The van der Waals surface area contributed by atoms with Crippen LogP contribution in [0.2, 0.25) is 0 Å². The van der Waals surface area contributed by atoms with Crippen molar-refractivity contribution in [3.63, 3.8) is 0 Å². The van der Waals surface area contributed by atoms with Gasteiger partial charge in [-0.15, -0.1) is 0 Å². The van der Waals surface area contributed by atoms with Crippen LogP contribution in [-0.2, 0) is 10.8 Å². The third kappa shape index (κ3) is 2.93. The standard InChI is InChI=1S/C11H17NOS/c1-9-4-5-11(10(2)8-9)14(13)7-6-12-3/h4-5,8,12H,6-7H2,1-3H3. The third-order valence-corrected chi connectivity index (χ3v) is 3.64. The highest BCUT2D eigenvalue weighted by molar-refractivity contribution is 7.85. The van der Waals surface area contributed by atoms with Crippen LogP contribution in [0.3, 0.4) is 0 Å². The van der Waals surface area contributed by atoms with E-state index in [9.17, 15) is 4.21 Å². The Kier molecular flexibility index (Phi) is 4.29. The van der Waals surface area contributed by atoms with Gasteiger partial charge in [-0.05, 0) is 32.5 Å². The molecule has 1 aromatic rings. The highest BCUT2D eigenvalue weighted by Gasteiger charge is 2.05. The molecule has 1 N–H and O–H groups in total. The molecule has 0 saturated heterocycles. The summed E-state index contributed by atoms with van der Waals surface area (Å²) in [5.41, 5.74) is 2.34. The van der Waals surface area contributed by atoms with Crippen molar-refractivity contribution in [3.05, 3.63) is 29.3 Å². The summed E-state index contributed by atoms with van der Waals surface area (Å²) in [6, 6.07) is 6.06. The molecule has 0 amide bonds. The second-order valence-electron chi connectivity index (χ2n) is 3.42. The molecule has 0 fully saturated rings. The summed E-state index contributed by atoms with van der Waals surface area (Å²) in [6.07, 6.45) is 0. The molecule has 0 aliphatic heterocycles. The predicted octanol–water partition coefficient (Wildman–Crippen LogP) is 1.63. The van der Waals surface area contributed by atoms with E-state index in [-0.39, 0.29) is 0 Å². The molecule has 0 aromatic heterocycles. The van der Waals surface area contributed by atoms with Gasteiger partial charge in [-0.3, -0.25) is 4.21 Å². The van der Waals surface area contributed by atoms with Gasteiger partial charge in [0.05, 0.1) is 10.8 Å². The summed E-state index contributed by atoms with van der Waals surface area (Å²) in [6.45, 7) is 4.85. The van der Waals surface area contributed by atoms with E-state index in [4.69, 9.17) is 0 Å². The van der Waals surface area contributed by atoms with Crippen molar-refractivity contribution >= 4 is 10.8 Å². The zero-order valence-electron chi connectivity index (χ0n) is 8.96. The van der Waals surface area contributed by atoms with E-state index < -0.39 is 10.8 Å². The lowest BCUT2D eigenvalue weighted by Gasteiger charge is -2.06. The Morgan fingerprint density at radius 1 is 1.36 bits per heavy atom. The first-order valence-corrected chi connectivity index (χ1v) is 6.07. The molecule has 0 heterocycles. The topological polar surface area (TPSA) is 29.1 Å². The fraction of sp³-hybridized carbons (Fsp3) is 0.455. The summed E-state index contributed by atoms with van der Waals surface area (Å²) in [4.78, 5) is 0.964. The Morgan fingerprint density at radius 2 is 2.07 bits per heavy atom. The summed E-state index contributed by atoms with van der Waals surface area (Å²) in [7, 11) is 1.01. The maximum absolute atomic E-state index is 11.8. The van der Waals surface area contributed by atoms with Crippen molar-refractivity contribution in [2.45, 2.75) is 18.7 Å². The monoisotopic (exact) mass is 211 g/mol. The highest BCUT2D eigenvalue weighted by atomic mass is 32.2. The van der Waals surface area contributed by atoms with E-state index in [1.54, 1.807) is 0 Å². The van der Waals surface area contributed by atoms with E-state index in [1.165, 1.54) is 5.56 Å². The Labute approximate surface area is 88.2 Å². The smallest absolute Gasteiger partial charge is 0.0545 e. The van der Waals surface area contributed by atoms with Gasteiger partial charge in [0.25, 0.3) is 0 Å². The number of aryl methyl sites for hydroxylation is 2. The third-order valence-electron chi connectivity index (χ3n) is 2.11. The minimum absolute atomic E-state index is 0.681. The largest absolute Gasteiger partial charge is 0.319 e. The molecular weight excluding hydrogens is 194 g/mol. The minimum atomic E-state index is -0.866. The minimum Gasteiger partial charge on any atom is -0.319 e. The lowest BCUT2D eigenvalue weighted by Crippen LogP contribution is -2.15. The Balaban J connectivity index is 2.80. The Bertz CT molecular complexity index is 336. The molecule has 1 unspecified atom stereocenters. The van der Waals surface area contributed by atoms with E-state index in [0.717, 1.165) is 17.0 Å². The van der Waals surface area contributed by atoms with Gasteiger partial charge in [0.2, 0.25) is 0 Å². The fourth-order valence-corrected chi connectivity index (χ4v) is 2.61. The zero-order valence-corrected chi connectivity index (χ0v) is 9.78. The molecule has 2 nitrogen and oxygen atoms in total. The van der Waals surface area contributed by atoms with Crippen molar-refractivity contribution in [1.29, 1.82) is 0 Å². The molecule has 0 saturated carbocycles. The van der Waals surface area contributed by atoms with Crippen LogP contribution in [0, 0.1) is 13.8 Å². The van der Waals surface area contributed by atoms with Crippen LogP contribution >= 0.6 is 0 Å². The van der Waals surface area contributed by atoms with Gasteiger partial charge in [0.15, 0.2) is 0 Å². The number of rotatable bonds is 4. The van der Waals surface area contributed by atoms with Gasteiger partial charge in [-0.25, -0.2) is 0 Å². The maximum Gasteiger partial charge on any atom is 0.0545 e. The molecule has 1 aromatic carbocycles. The number of benzene rings is 1. The van der Waals surface area contributed by atoms with Gasteiger partial charge < -0.3 is 5.32 Å². The molecule has 0 aliphatic carbocycles. The normalized spacial score (nSPS) is 12.8. The van der Waals surface area contributed by atoms with Gasteiger partial charge in [-0.2, -0.15) is 0 Å².